The van der Waals surface area contributed by atoms with Gasteiger partial charge in [0.1, 0.15) is 5.69 Å². The summed E-state index contributed by atoms with van der Waals surface area (Å²) >= 11 is 1.26. The molecule has 2 heterocycles. The summed E-state index contributed by atoms with van der Waals surface area (Å²) in [7, 11) is 0. The number of hydrogen-bond acceptors (Lipinski definition) is 5. The maximum atomic E-state index is 12.4. The molecule has 6 nitrogen and oxygen atoms in total. The number of hydrogen-bond donors (Lipinski definition) is 2. The number of benzene rings is 1. The molecule has 0 spiro atoms. The van der Waals surface area contributed by atoms with Crippen LogP contribution >= 0.6 is 11.3 Å². The molecule has 1 atom stereocenters. The van der Waals surface area contributed by atoms with Crippen LogP contribution in [0.4, 0.5) is 5.13 Å². The van der Waals surface area contributed by atoms with Crippen LogP contribution in [0.3, 0.4) is 0 Å². The fourth-order valence-electron chi connectivity index (χ4n) is 3.49. The van der Waals surface area contributed by atoms with Gasteiger partial charge in [-0.2, -0.15) is 0 Å². The molecule has 0 saturated carbocycles. The normalized spacial score (nSPS) is 17.3. The van der Waals surface area contributed by atoms with Crippen molar-refractivity contribution in [3.8, 4) is 0 Å². The Morgan fingerprint density at radius 3 is 2.86 bits per heavy atom. The topological polar surface area (TPSA) is 74.3 Å². The average molecular weight is 401 g/mol. The first-order valence-corrected chi connectivity index (χ1v) is 10.8. The quantitative estimate of drug-likeness (QED) is 0.695. The Kier molecular flexibility index (Phi) is 7.17. The lowest BCUT2D eigenvalue weighted by Crippen LogP contribution is -2.39. The van der Waals surface area contributed by atoms with Crippen molar-refractivity contribution >= 4 is 28.3 Å². The van der Waals surface area contributed by atoms with E-state index >= 15 is 0 Å². The molecule has 1 aromatic heterocycles. The summed E-state index contributed by atoms with van der Waals surface area (Å²) in [4.78, 5) is 31.4. The van der Waals surface area contributed by atoms with E-state index in [1.807, 2.05) is 25.1 Å². The van der Waals surface area contributed by atoms with Gasteiger partial charge in [-0.15, -0.1) is 11.3 Å². The molecular weight excluding hydrogens is 372 g/mol. The van der Waals surface area contributed by atoms with Crippen LogP contribution in [0.15, 0.2) is 29.6 Å². The summed E-state index contributed by atoms with van der Waals surface area (Å²) < 4.78 is 0. The zero-order valence-corrected chi connectivity index (χ0v) is 17.3. The minimum Gasteiger partial charge on any atom is -0.351 e. The predicted octanol–water partition coefficient (Wildman–Crippen LogP) is 3.70. The zero-order chi connectivity index (χ0) is 19.9. The van der Waals surface area contributed by atoms with Gasteiger partial charge in [0.05, 0.1) is 0 Å². The van der Waals surface area contributed by atoms with Crippen LogP contribution in [0.25, 0.3) is 0 Å². The summed E-state index contributed by atoms with van der Waals surface area (Å²) in [5.41, 5.74) is 1.85. The number of aryl methyl sites for hydroxylation is 1. The summed E-state index contributed by atoms with van der Waals surface area (Å²) in [5, 5.41) is 7.81. The van der Waals surface area contributed by atoms with Gasteiger partial charge in [0, 0.05) is 30.1 Å². The van der Waals surface area contributed by atoms with Gasteiger partial charge < -0.3 is 10.2 Å². The second-order valence-electron chi connectivity index (χ2n) is 7.30. The van der Waals surface area contributed by atoms with Crippen molar-refractivity contribution in [3.63, 3.8) is 0 Å². The van der Waals surface area contributed by atoms with Gasteiger partial charge in [-0.25, -0.2) is 4.98 Å². The van der Waals surface area contributed by atoms with Crippen molar-refractivity contribution in [3.05, 3.63) is 46.5 Å². The van der Waals surface area contributed by atoms with Crippen molar-refractivity contribution in [2.75, 3.05) is 25.0 Å². The Morgan fingerprint density at radius 2 is 2.07 bits per heavy atom. The van der Waals surface area contributed by atoms with Gasteiger partial charge in [-0.1, -0.05) is 24.6 Å². The summed E-state index contributed by atoms with van der Waals surface area (Å²) in [6.07, 6.45) is 4.78. The number of anilines is 1. The number of nitrogens with one attached hydrogen (secondary N) is 2. The third kappa shape index (κ3) is 5.39. The van der Waals surface area contributed by atoms with E-state index in [-0.39, 0.29) is 11.8 Å². The third-order valence-electron chi connectivity index (χ3n) is 5.20. The largest absolute Gasteiger partial charge is 0.351 e. The number of carbonyl (C=O) groups excluding carboxylic acids is 2. The molecule has 3 rings (SSSR count). The molecule has 0 radical (unpaired) electrons. The molecule has 7 heteroatoms. The van der Waals surface area contributed by atoms with Crippen LogP contribution in [-0.4, -0.2) is 47.4 Å². The van der Waals surface area contributed by atoms with E-state index in [0.717, 1.165) is 25.1 Å². The maximum Gasteiger partial charge on any atom is 0.270 e. The molecule has 1 aromatic carbocycles. The first-order valence-electron chi connectivity index (χ1n) is 9.89. The summed E-state index contributed by atoms with van der Waals surface area (Å²) in [6.45, 7) is 6.96. The van der Waals surface area contributed by atoms with E-state index in [1.54, 1.807) is 11.4 Å². The number of amides is 2. The Balaban J connectivity index is 1.45. The highest BCUT2D eigenvalue weighted by Gasteiger charge is 2.18. The fraction of sp³-hybridized carbons (Fsp3) is 0.476. The van der Waals surface area contributed by atoms with Crippen LogP contribution in [-0.2, 0) is 0 Å². The van der Waals surface area contributed by atoms with E-state index in [0.29, 0.717) is 29.0 Å². The zero-order valence-electron chi connectivity index (χ0n) is 16.5. The van der Waals surface area contributed by atoms with Crippen molar-refractivity contribution in [1.29, 1.82) is 0 Å². The monoisotopic (exact) mass is 400 g/mol. The minimum absolute atomic E-state index is 0.195. The van der Waals surface area contributed by atoms with E-state index in [2.05, 4.69) is 27.4 Å². The maximum absolute atomic E-state index is 12.4. The lowest BCUT2D eigenvalue weighted by atomic mass is 10.0. The number of likely N-dealkylation sites (tertiary alicyclic amines) is 1. The van der Waals surface area contributed by atoms with Crippen LogP contribution < -0.4 is 10.6 Å². The van der Waals surface area contributed by atoms with Gasteiger partial charge >= 0.3 is 0 Å². The first-order chi connectivity index (χ1) is 13.5. The van der Waals surface area contributed by atoms with Crippen molar-refractivity contribution in [1.82, 2.24) is 15.2 Å². The van der Waals surface area contributed by atoms with Crippen LogP contribution in [0.1, 0.15) is 59.0 Å². The lowest BCUT2D eigenvalue weighted by Gasteiger charge is -2.33. The highest BCUT2D eigenvalue weighted by atomic mass is 32.1. The molecule has 1 fully saturated rings. The number of aromatic nitrogens is 1. The summed E-state index contributed by atoms with van der Waals surface area (Å²) in [5.74, 6) is -0.408. The minimum atomic E-state index is -0.213. The van der Waals surface area contributed by atoms with Crippen molar-refractivity contribution < 1.29 is 9.59 Å². The SMILES string of the molecule is Cc1ccccc1C(=O)Nc1nc(C(=O)NCCCN2CCCC[C@@H]2C)cs1. The number of piperidine rings is 1. The van der Waals surface area contributed by atoms with Crippen LogP contribution in [0.2, 0.25) is 0 Å². The van der Waals surface area contributed by atoms with Gasteiger partial charge in [0.25, 0.3) is 11.8 Å². The Bertz CT molecular complexity index is 820. The van der Waals surface area contributed by atoms with Gasteiger partial charge in [-0.05, 0) is 51.3 Å². The number of thiazole rings is 1. The molecule has 150 valence electrons. The third-order valence-corrected chi connectivity index (χ3v) is 5.95. The molecule has 0 unspecified atom stereocenters. The Hall–Kier alpha value is -2.25. The van der Waals surface area contributed by atoms with Crippen LogP contribution in [0, 0.1) is 6.92 Å². The summed E-state index contributed by atoms with van der Waals surface area (Å²) in [6, 6.07) is 8.02. The first kappa shape index (κ1) is 20.5. The van der Waals surface area contributed by atoms with E-state index < -0.39 is 0 Å². The molecule has 2 amide bonds. The van der Waals surface area contributed by atoms with Crippen molar-refractivity contribution in [2.45, 2.75) is 45.6 Å². The second-order valence-corrected chi connectivity index (χ2v) is 8.16. The molecule has 28 heavy (non-hydrogen) atoms. The van der Waals surface area contributed by atoms with Gasteiger partial charge in [0.2, 0.25) is 0 Å². The van der Waals surface area contributed by atoms with E-state index in [9.17, 15) is 9.59 Å². The molecule has 2 aromatic rings. The number of carbonyl (C=O) groups is 2. The van der Waals surface area contributed by atoms with E-state index in [1.165, 1.54) is 30.6 Å². The number of nitrogens with zero attached hydrogens (tertiary/aromatic N) is 2. The van der Waals surface area contributed by atoms with Gasteiger partial charge in [-0.3, -0.25) is 14.9 Å². The van der Waals surface area contributed by atoms with E-state index in [4.69, 9.17) is 0 Å². The molecule has 0 bridgehead atoms. The predicted molar refractivity (Wildman–Crippen MR) is 113 cm³/mol. The molecule has 2 N–H and O–H groups in total. The Morgan fingerprint density at radius 1 is 1.25 bits per heavy atom. The lowest BCUT2D eigenvalue weighted by molar-refractivity contribution is 0.0943. The molecule has 1 aliphatic rings. The fourth-order valence-corrected chi connectivity index (χ4v) is 4.18. The molecule has 0 aliphatic carbocycles. The Labute approximate surface area is 170 Å². The standard InChI is InChI=1S/C21H28N4O2S/c1-15-8-3-4-10-17(15)19(26)24-21-23-18(14-28-21)20(27)22-11-7-13-25-12-6-5-9-16(25)2/h3-4,8,10,14,16H,5-7,9,11-13H2,1-2H3,(H,22,27)(H,23,24,26)/t16-/m0/s1. The highest BCUT2D eigenvalue weighted by Crippen LogP contribution is 2.18. The average Bonchev–Trinajstić information content (AvgIpc) is 3.15. The number of rotatable bonds is 7. The highest BCUT2D eigenvalue weighted by molar-refractivity contribution is 7.14. The second kappa shape index (κ2) is 9.80. The van der Waals surface area contributed by atoms with Gasteiger partial charge in [0.15, 0.2) is 5.13 Å². The molecule has 1 aliphatic heterocycles. The smallest absolute Gasteiger partial charge is 0.270 e. The molecular formula is C21H28N4O2S. The van der Waals surface area contributed by atoms with Crippen LogP contribution in [0.5, 0.6) is 0 Å². The molecule has 1 saturated heterocycles. The van der Waals surface area contributed by atoms with Crippen molar-refractivity contribution in [2.24, 2.45) is 0 Å².